The summed E-state index contributed by atoms with van der Waals surface area (Å²) >= 11 is 6.35. The van der Waals surface area contributed by atoms with Gasteiger partial charge >= 0.3 is 0 Å². The fourth-order valence-electron chi connectivity index (χ4n) is 5.85. The molecule has 0 saturated carbocycles. The van der Waals surface area contributed by atoms with E-state index in [9.17, 15) is 14.4 Å². The highest BCUT2D eigenvalue weighted by Crippen LogP contribution is 2.33. The Morgan fingerprint density at radius 1 is 1.08 bits per heavy atom. The minimum atomic E-state index is -0.138. The van der Waals surface area contributed by atoms with Gasteiger partial charge in [-0.05, 0) is 67.1 Å². The maximum atomic E-state index is 12.3. The number of nitrogens with zero attached hydrogens (tertiary/aromatic N) is 6. The molecule has 2 fully saturated rings. The Labute approximate surface area is 284 Å². The Kier molecular flexibility index (Phi) is 11.5. The number of aryl methyl sites for hydroxylation is 1. The van der Waals surface area contributed by atoms with Crippen LogP contribution in [-0.2, 0) is 32.6 Å². The number of piperidine rings is 2. The van der Waals surface area contributed by atoms with E-state index in [0.29, 0.717) is 61.5 Å². The van der Waals surface area contributed by atoms with E-state index in [1.807, 2.05) is 54.3 Å². The normalized spacial score (nSPS) is 17.2. The van der Waals surface area contributed by atoms with E-state index in [-0.39, 0.29) is 17.7 Å². The average Bonchev–Trinajstić information content (AvgIpc) is 3.58. The molecule has 14 heteroatoms. The van der Waals surface area contributed by atoms with Crippen molar-refractivity contribution in [1.29, 1.82) is 0 Å². The molecular formula is C34H42ClN9O4. The lowest BCUT2D eigenvalue weighted by Crippen LogP contribution is -2.35. The standard InChI is InChI=1S/C21H26ClN5O2.C8H9N3.C5H7NO2/c1-14-4-3-7-26(13-14)21-23-12-17(22)20(25-21)24-16-5-6-18-15(10-16)11-19(28)27(18)8-9-29-2;1-11-8-4-7(9)3-2-6(8)5-10-11;7-4-2-1-3-5(8)6-4/h5-6,10,12,14H,3-4,7-9,11,13H2,1-2H3,(H,23,24,25);2-5H,9H2,1H3;1-3H2,(H,6,7,8). The van der Waals surface area contributed by atoms with Crippen molar-refractivity contribution in [2.75, 3.05) is 54.2 Å². The van der Waals surface area contributed by atoms with Crippen LogP contribution >= 0.6 is 11.6 Å². The van der Waals surface area contributed by atoms with E-state index < -0.39 is 0 Å². The lowest BCUT2D eigenvalue weighted by Gasteiger charge is -2.31. The summed E-state index contributed by atoms with van der Waals surface area (Å²) < 4.78 is 6.92. The summed E-state index contributed by atoms with van der Waals surface area (Å²) in [6, 6.07) is 11.7. The van der Waals surface area contributed by atoms with E-state index in [1.165, 1.54) is 6.42 Å². The van der Waals surface area contributed by atoms with Crippen molar-refractivity contribution < 1.29 is 19.1 Å². The van der Waals surface area contributed by atoms with Crippen LogP contribution in [0.25, 0.3) is 10.9 Å². The van der Waals surface area contributed by atoms with Crippen molar-refractivity contribution in [3.05, 3.63) is 59.4 Å². The van der Waals surface area contributed by atoms with Gasteiger partial charge in [0.05, 0.1) is 30.9 Å². The number of methoxy groups -OCH3 is 1. The Morgan fingerprint density at radius 2 is 1.88 bits per heavy atom. The zero-order valence-electron chi connectivity index (χ0n) is 27.5. The molecule has 1 unspecified atom stereocenters. The lowest BCUT2D eigenvalue weighted by atomic mass is 10.0. The van der Waals surface area contributed by atoms with Gasteiger partial charge in [0.25, 0.3) is 0 Å². The van der Waals surface area contributed by atoms with Gasteiger partial charge in [-0.2, -0.15) is 10.1 Å². The third kappa shape index (κ3) is 8.78. The largest absolute Gasteiger partial charge is 0.399 e. The number of carbonyl (C=O) groups excluding carboxylic acids is 3. The number of aromatic nitrogens is 4. The highest BCUT2D eigenvalue weighted by Gasteiger charge is 2.27. The monoisotopic (exact) mass is 675 g/mol. The van der Waals surface area contributed by atoms with E-state index in [1.54, 1.807) is 18.2 Å². The second kappa shape index (κ2) is 15.9. The molecule has 0 aliphatic carbocycles. The maximum absolute atomic E-state index is 12.3. The molecular weight excluding hydrogens is 634 g/mol. The lowest BCUT2D eigenvalue weighted by molar-refractivity contribution is -0.133. The number of hydrogen-bond acceptors (Lipinski definition) is 10. The predicted molar refractivity (Wildman–Crippen MR) is 187 cm³/mol. The minimum absolute atomic E-state index is 0.0933. The van der Waals surface area contributed by atoms with Crippen LogP contribution in [0.3, 0.4) is 0 Å². The molecule has 1 atom stereocenters. The molecule has 0 spiro atoms. The number of ether oxygens (including phenoxy) is 1. The summed E-state index contributed by atoms with van der Waals surface area (Å²) in [5.41, 5.74) is 10.2. The topological polar surface area (TPSA) is 161 Å². The quantitative estimate of drug-likeness (QED) is 0.194. The molecule has 4 N–H and O–H groups in total. The van der Waals surface area contributed by atoms with Gasteiger partial charge < -0.3 is 25.6 Å². The van der Waals surface area contributed by atoms with Gasteiger partial charge in [0.15, 0.2) is 5.82 Å². The summed E-state index contributed by atoms with van der Waals surface area (Å²) in [5.74, 6) is 1.73. The van der Waals surface area contributed by atoms with Crippen molar-refractivity contribution in [1.82, 2.24) is 25.1 Å². The molecule has 13 nitrogen and oxygen atoms in total. The van der Waals surface area contributed by atoms with Gasteiger partial charge in [0.1, 0.15) is 5.02 Å². The third-order valence-corrected chi connectivity index (χ3v) is 8.60. The summed E-state index contributed by atoms with van der Waals surface area (Å²) in [6.07, 6.45) is 7.98. The number of benzene rings is 2. The van der Waals surface area contributed by atoms with Crippen LogP contribution in [0.2, 0.25) is 5.02 Å². The molecule has 0 radical (unpaired) electrons. The van der Waals surface area contributed by atoms with Crippen LogP contribution in [0.5, 0.6) is 0 Å². The average molecular weight is 676 g/mol. The van der Waals surface area contributed by atoms with E-state index in [4.69, 9.17) is 22.1 Å². The van der Waals surface area contributed by atoms with Crippen molar-refractivity contribution in [2.24, 2.45) is 13.0 Å². The zero-order valence-corrected chi connectivity index (χ0v) is 28.3. The number of amides is 3. The van der Waals surface area contributed by atoms with Gasteiger partial charge in [0.2, 0.25) is 23.7 Å². The van der Waals surface area contributed by atoms with Gasteiger partial charge in [-0.3, -0.25) is 24.4 Å². The first-order valence-electron chi connectivity index (χ1n) is 16.1. The van der Waals surface area contributed by atoms with Crippen LogP contribution in [-0.4, -0.2) is 70.8 Å². The second-order valence-electron chi connectivity index (χ2n) is 12.2. The fourth-order valence-corrected chi connectivity index (χ4v) is 5.98. The number of nitrogens with one attached hydrogen (secondary N) is 2. The minimum Gasteiger partial charge on any atom is -0.399 e. The van der Waals surface area contributed by atoms with Gasteiger partial charge in [-0.1, -0.05) is 18.5 Å². The molecule has 48 heavy (non-hydrogen) atoms. The van der Waals surface area contributed by atoms with Crippen LogP contribution < -0.4 is 26.2 Å². The number of carbonyl (C=O) groups is 3. The molecule has 5 heterocycles. The summed E-state index contributed by atoms with van der Waals surface area (Å²) in [6.45, 7) is 5.25. The number of halogens is 1. The number of imide groups is 1. The van der Waals surface area contributed by atoms with Gasteiger partial charge in [-0.15, -0.1) is 0 Å². The number of nitrogens with two attached hydrogens (primary N) is 1. The molecule has 7 rings (SSSR count). The Balaban J connectivity index is 0.000000191. The molecule has 2 saturated heterocycles. The molecule has 2 aromatic carbocycles. The highest BCUT2D eigenvalue weighted by atomic mass is 35.5. The van der Waals surface area contributed by atoms with Crippen LogP contribution in [0.1, 0.15) is 44.6 Å². The smallest absolute Gasteiger partial charge is 0.231 e. The van der Waals surface area contributed by atoms with Crippen LogP contribution in [0, 0.1) is 5.92 Å². The van der Waals surface area contributed by atoms with Gasteiger partial charge in [0, 0.05) is 69.1 Å². The molecule has 3 amide bonds. The summed E-state index contributed by atoms with van der Waals surface area (Å²) in [4.78, 5) is 46.1. The third-order valence-electron chi connectivity index (χ3n) is 8.33. The fraction of sp³-hybridized carbons (Fsp3) is 0.412. The zero-order chi connectivity index (χ0) is 34.2. The Morgan fingerprint density at radius 3 is 2.58 bits per heavy atom. The molecule has 2 aromatic heterocycles. The van der Waals surface area contributed by atoms with E-state index >= 15 is 0 Å². The Bertz CT molecular complexity index is 1760. The SMILES string of the molecule is COCCN1C(=O)Cc2cc(Nc3nc(N4CCCC(C)C4)ncc3Cl)ccc21.Cn1ncc2ccc(N)cc21.O=C1CCCC(=O)N1. The molecule has 3 aliphatic heterocycles. The van der Waals surface area contributed by atoms with Crippen molar-refractivity contribution in [3.8, 4) is 0 Å². The summed E-state index contributed by atoms with van der Waals surface area (Å²) in [7, 11) is 3.54. The highest BCUT2D eigenvalue weighted by molar-refractivity contribution is 6.32. The molecule has 4 aromatic rings. The number of nitrogen functional groups attached to an aromatic ring is 1. The molecule has 3 aliphatic rings. The van der Waals surface area contributed by atoms with Crippen molar-refractivity contribution >= 4 is 69.1 Å². The van der Waals surface area contributed by atoms with E-state index in [2.05, 4.69) is 37.5 Å². The Hall–Kier alpha value is -4.75. The first-order valence-corrected chi connectivity index (χ1v) is 16.5. The second-order valence-corrected chi connectivity index (χ2v) is 12.6. The number of anilines is 5. The van der Waals surface area contributed by atoms with E-state index in [0.717, 1.165) is 53.0 Å². The van der Waals surface area contributed by atoms with Crippen molar-refractivity contribution in [2.45, 2.75) is 45.4 Å². The number of fused-ring (bicyclic) bond motifs is 2. The molecule has 0 bridgehead atoms. The first kappa shape index (κ1) is 34.6. The first-order chi connectivity index (χ1) is 23.1. The molecule has 254 valence electrons. The van der Waals surface area contributed by atoms with Gasteiger partial charge in [-0.25, -0.2) is 4.98 Å². The van der Waals surface area contributed by atoms with Crippen molar-refractivity contribution in [3.63, 3.8) is 0 Å². The predicted octanol–water partition coefficient (Wildman–Crippen LogP) is 4.61. The van der Waals surface area contributed by atoms with Crippen LogP contribution in [0.15, 0.2) is 48.8 Å². The maximum Gasteiger partial charge on any atom is 0.231 e. The number of hydrogen-bond donors (Lipinski definition) is 3. The summed E-state index contributed by atoms with van der Waals surface area (Å²) in [5, 5.41) is 11.2. The van der Waals surface area contributed by atoms with Crippen LogP contribution in [0.4, 0.5) is 28.8 Å². The number of rotatable bonds is 6.